The summed E-state index contributed by atoms with van der Waals surface area (Å²) in [4.78, 5) is 22.2. The predicted octanol–water partition coefficient (Wildman–Crippen LogP) is 3.09. The number of hydrogen-bond acceptors (Lipinski definition) is 6. The van der Waals surface area contributed by atoms with Gasteiger partial charge in [0, 0.05) is 25.7 Å². The molecule has 1 aliphatic rings. The zero-order valence-corrected chi connectivity index (χ0v) is 17.8. The first-order valence-corrected chi connectivity index (χ1v) is 10.9. The number of allylic oxidation sites excluding steroid dienone is 2. The third-order valence-electron chi connectivity index (χ3n) is 5.41. The number of aliphatic hydroxyl groups excluding tert-OH is 3. The molecule has 0 amide bonds. The van der Waals surface area contributed by atoms with Crippen molar-refractivity contribution >= 4 is 11.8 Å². The summed E-state index contributed by atoms with van der Waals surface area (Å²) in [7, 11) is 0. The van der Waals surface area contributed by atoms with E-state index in [1.54, 1.807) is 6.08 Å². The van der Waals surface area contributed by atoms with Crippen molar-refractivity contribution in [3.8, 4) is 0 Å². The second-order valence-electron chi connectivity index (χ2n) is 7.98. The summed E-state index contributed by atoms with van der Waals surface area (Å²) in [5.41, 5.74) is 0. The number of Topliss-reactive ketones (excluding diaryl/α,β-unsaturated/α-hetero) is 1. The highest BCUT2D eigenvalue weighted by molar-refractivity contribution is 5.81. The van der Waals surface area contributed by atoms with E-state index in [4.69, 9.17) is 0 Å². The molecule has 5 atom stereocenters. The number of hydrogen-bond donors (Lipinski definition) is 3. The highest BCUT2D eigenvalue weighted by Crippen LogP contribution is 2.36. The second-order valence-corrected chi connectivity index (χ2v) is 7.98. The van der Waals surface area contributed by atoms with Crippen LogP contribution in [-0.2, 0) is 14.3 Å². The smallest absolute Gasteiger partial charge is 0.303 e. The van der Waals surface area contributed by atoms with Crippen LogP contribution in [0.2, 0.25) is 0 Å². The van der Waals surface area contributed by atoms with Crippen molar-refractivity contribution in [2.75, 3.05) is 6.61 Å². The van der Waals surface area contributed by atoms with E-state index in [2.05, 4.69) is 11.7 Å². The summed E-state index contributed by atoms with van der Waals surface area (Å²) in [5, 5.41) is 30.6. The van der Waals surface area contributed by atoms with E-state index >= 15 is 0 Å². The van der Waals surface area contributed by atoms with Gasteiger partial charge in [0.25, 0.3) is 0 Å². The summed E-state index contributed by atoms with van der Waals surface area (Å²) in [6, 6.07) is 0. The Morgan fingerprint density at radius 1 is 1.14 bits per heavy atom. The highest BCUT2D eigenvalue weighted by Gasteiger charge is 2.39. The molecular formula is C23H38O6. The van der Waals surface area contributed by atoms with Crippen molar-refractivity contribution in [3.05, 3.63) is 24.3 Å². The first-order chi connectivity index (χ1) is 13.8. The Balaban J connectivity index is 2.38. The number of rotatable bonds is 14. The van der Waals surface area contributed by atoms with Crippen molar-refractivity contribution in [1.29, 1.82) is 0 Å². The Labute approximate surface area is 174 Å². The van der Waals surface area contributed by atoms with Gasteiger partial charge in [-0.1, -0.05) is 50.5 Å². The lowest BCUT2D eigenvalue weighted by molar-refractivity contribution is -0.145. The molecule has 0 aromatic heterocycles. The van der Waals surface area contributed by atoms with Crippen molar-refractivity contribution in [1.82, 2.24) is 0 Å². The molecule has 1 fully saturated rings. The Hall–Kier alpha value is -1.50. The number of unbranched alkanes of at least 4 members (excludes halogenated alkanes) is 3. The molecule has 1 aliphatic carbocycles. The maximum Gasteiger partial charge on any atom is 0.303 e. The number of aliphatic hydroxyl groups is 3. The minimum absolute atomic E-state index is 0.0778. The predicted molar refractivity (Wildman–Crippen MR) is 112 cm³/mol. The van der Waals surface area contributed by atoms with Gasteiger partial charge in [0.05, 0.1) is 18.3 Å². The third-order valence-corrected chi connectivity index (χ3v) is 5.41. The van der Waals surface area contributed by atoms with Gasteiger partial charge in [-0.2, -0.15) is 0 Å². The molecule has 6 heteroatoms. The molecule has 166 valence electrons. The minimum Gasteiger partial charge on any atom is -0.458 e. The quantitative estimate of drug-likeness (QED) is 0.231. The average molecular weight is 411 g/mol. The van der Waals surface area contributed by atoms with Gasteiger partial charge in [-0.05, 0) is 31.6 Å². The molecule has 0 aromatic carbocycles. The van der Waals surface area contributed by atoms with Crippen LogP contribution in [0, 0.1) is 11.8 Å². The lowest BCUT2D eigenvalue weighted by Gasteiger charge is -2.19. The van der Waals surface area contributed by atoms with Gasteiger partial charge in [-0.15, -0.1) is 0 Å². The van der Waals surface area contributed by atoms with E-state index in [1.165, 1.54) is 6.92 Å². The normalized spacial score (nSPS) is 25.7. The number of carbonyl (C=O) groups excluding carboxylic acids is 2. The Kier molecular flexibility index (Phi) is 12.7. The van der Waals surface area contributed by atoms with Crippen LogP contribution in [0.3, 0.4) is 0 Å². The lowest BCUT2D eigenvalue weighted by Crippen LogP contribution is -2.20. The summed E-state index contributed by atoms with van der Waals surface area (Å²) in [6.45, 7) is 3.24. The second kappa shape index (κ2) is 14.5. The van der Waals surface area contributed by atoms with Crippen molar-refractivity contribution < 1.29 is 29.6 Å². The van der Waals surface area contributed by atoms with Crippen LogP contribution in [0.25, 0.3) is 0 Å². The first kappa shape index (κ1) is 25.5. The number of esters is 1. The van der Waals surface area contributed by atoms with Crippen LogP contribution in [0.5, 0.6) is 0 Å². The molecule has 0 radical (unpaired) electrons. The molecule has 0 bridgehead atoms. The summed E-state index contributed by atoms with van der Waals surface area (Å²) in [6.07, 6.45) is 12.6. The van der Waals surface area contributed by atoms with Crippen molar-refractivity contribution in [3.63, 3.8) is 0 Å². The molecule has 3 N–H and O–H groups in total. The summed E-state index contributed by atoms with van der Waals surface area (Å²) < 4.78 is 4.67. The largest absolute Gasteiger partial charge is 0.458 e. The van der Waals surface area contributed by atoms with Crippen LogP contribution in [0.1, 0.15) is 71.6 Å². The van der Waals surface area contributed by atoms with Gasteiger partial charge in [0.1, 0.15) is 6.61 Å². The first-order valence-electron chi connectivity index (χ1n) is 10.9. The maximum atomic E-state index is 11.5. The van der Waals surface area contributed by atoms with Gasteiger partial charge in [0.15, 0.2) is 5.78 Å². The molecule has 1 rings (SSSR count). The van der Waals surface area contributed by atoms with Crippen LogP contribution < -0.4 is 0 Å². The molecular weight excluding hydrogens is 372 g/mol. The molecule has 6 nitrogen and oxygen atoms in total. The molecule has 0 unspecified atom stereocenters. The molecule has 0 aliphatic heterocycles. The fourth-order valence-corrected chi connectivity index (χ4v) is 3.71. The molecule has 29 heavy (non-hydrogen) atoms. The van der Waals surface area contributed by atoms with Crippen LogP contribution >= 0.6 is 0 Å². The van der Waals surface area contributed by atoms with Gasteiger partial charge >= 0.3 is 5.97 Å². The Morgan fingerprint density at radius 2 is 1.90 bits per heavy atom. The molecule has 0 heterocycles. The van der Waals surface area contributed by atoms with E-state index < -0.39 is 24.3 Å². The zero-order valence-electron chi connectivity index (χ0n) is 17.8. The molecule has 0 saturated heterocycles. The Bertz CT molecular complexity index is 541. The van der Waals surface area contributed by atoms with Gasteiger partial charge in [0.2, 0.25) is 0 Å². The highest BCUT2D eigenvalue weighted by atomic mass is 16.5. The average Bonchev–Trinajstić information content (AvgIpc) is 2.94. The minimum atomic E-state index is -0.596. The van der Waals surface area contributed by atoms with E-state index in [0.29, 0.717) is 25.7 Å². The number of ether oxygens (including phenoxy) is 1. The standard InChI is InChI=1S/C23H38O6/c1-3-4-7-10-18(25)13-14-21-20(22(27)15-23(21)28)12-9-6-5-8-11-19(26)16-29-17(2)24/h6,9,13-14,18,20-23,25,27-28H,3-5,7-8,10-12,15-16H2,1-2H3/b9-6-,14-13+/t18-,20+,21+,22-,23+/m0/s1. The van der Waals surface area contributed by atoms with Gasteiger partial charge in [-0.3, -0.25) is 9.59 Å². The number of carbonyl (C=O) groups is 2. The van der Waals surface area contributed by atoms with Crippen LogP contribution in [0.4, 0.5) is 0 Å². The fourth-order valence-electron chi connectivity index (χ4n) is 3.71. The summed E-state index contributed by atoms with van der Waals surface area (Å²) in [5.74, 6) is -0.787. The topological polar surface area (TPSA) is 104 Å². The summed E-state index contributed by atoms with van der Waals surface area (Å²) >= 11 is 0. The monoisotopic (exact) mass is 410 g/mol. The molecule has 0 spiro atoms. The fraction of sp³-hybridized carbons (Fsp3) is 0.739. The van der Waals surface area contributed by atoms with E-state index in [9.17, 15) is 24.9 Å². The number of ketones is 1. The van der Waals surface area contributed by atoms with Gasteiger partial charge in [-0.25, -0.2) is 0 Å². The SMILES string of the molecule is CCCCC[C@H](O)/C=C/[C@@H]1[C@@H](C/C=C\CCCC(=O)COC(C)=O)[C@@H](O)C[C@H]1O. The third kappa shape index (κ3) is 10.7. The van der Waals surface area contributed by atoms with Crippen molar-refractivity contribution in [2.45, 2.75) is 89.9 Å². The lowest BCUT2D eigenvalue weighted by atomic mass is 9.89. The maximum absolute atomic E-state index is 11.5. The van der Waals surface area contributed by atoms with Crippen molar-refractivity contribution in [2.24, 2.45) is 11.8 Å². The van der Waals surface area contributed by atoms with E-state index in [1.807, 2.05) is 18.2 Å². The molecule has 0 aromatic rings. The Morgan fingerprint density at radius 3 is 2.59 bits per heavy atom. The zero-order chi connectivity index (χ0) is 21.6. The van der Waals surface area contributed by atoms with E-state index in [0.717, 1.165) is 32.1 Å². The van der Waals surface area contributed by atoms with E-state index in [-0.39, 0.29) is 24.2 Å². The van der Waals surface area contributed by atoms with Gasteiger partial charge < -0.3 is 20.1 Å². The van der Waals surface area contributed by atoms with Crippen LogP contribution in [-0.4, -0.2) is 52.0 Å². The molecule has 1 saturated carbocycles. The van der Waals surface area contributed by atoms with Crippen LogP contribution in [0.15, 0.2) is 24.3 Å².